The van der Waals surface area contributed by atoms with E-state index in [-0.39, 0.29) is 0 Å². The van der Waals surface area contributed by atoms with Crippen molar-refractivity contribution >= 4 is 5.69 Å². The highest BCUT2D eigenvalue weighted by atomic mass is 15.2. The minimum Gasteiger partial charge on any atom is -0.371 e. The second-order valence-electron chi connectivity index (χ2n) is 6.58. The molecular formula is C16H25N3. The molecule has 0 N–H and O–H groups in total. The molecule has 1 aromatic rings. The summed E-state index contributed by atoms with van der Waals surface area (Å²) < 4.78 is 0. The predicted molar refractivity (Wildman–Crippen MR) is 79.7 cm³/mol. The zero-order chi connectivity index (χ0) is 13.5. The first kappa shape index (κ1) is 12.9. The van der Waals surface area contributed by atoms with Crippen LogP contribution in [0.15, 0.2) is 12.1 Å². The lowest BCUT2D eigenvalue weighted by Gasteiger charge is -2.40. The summed E-state index contributed by atoms with van der Waals surface area (Å²) in [4.78, 5) is 9.52. The van der Waals surface area contributed by atoms with E-state index in [2.05, 4.69) is 47.8 Å². The van der Waals surface area contributed by atoms with Gasteiger partial charge in [-0.1, -0.05) is 0 Å². The van der Waals surface area contributed by atoms with Gasteiger partial charge in [-0.05, 0) is 64.3 Å². The number of pyridine rings is 1. The third-order valence-corrected chi connectivity index (χ3v) is 4.88. The molecule has 0 unspecified atom stereocenters. The van der Waals surface area contributed by atoms with Crippen LogP contribution in [0.5, 0.6) is 0 Å². The Morgan fingerprint density at radius 1 is 1.00 bits per heavy atom. The molecule has 2 fully saturated rings. The molecule has 1 spiro atoms. The highest BCUT2D eigenvalue weighted by Crippen LogP contribution is 2.40. The number of hydrogen-bond acceptors (Lipinski definition) is 3. The van der Waals surface area contributed by atoms with Crippen molar-refractivity contribution in [3.63, 3.8) is 0 Å². The van der Waals surface area contributed by atoms with Gasteiger partial charge in [-0.2, -0.15) is 0 Å². The normalized spacial score (nSPS) is 23.2. The molecule has 0 aromatic carbocycles. The van der Waals surface area contributed by atoms with E-state index in [9.17, 15) is 0 Å². The van der Waals surface area contributed by atoms with Gasteiger partial charge in [0.25, 0.3) is 0 Å². The van der Waals surface area contributed by atoms with Crippen LogP contribution in [-0.2, 0) is 0 Å². The van der Waals surface area contributed by atoms with Gasteiger partial charge < -0.3 is 9.80 Å². The molecule has 0 atom stereocenters. The van der Waals surface area contributed by atoms with Gasteiger partial charge >= 0.3 is 0 Å². The molecule has 0 amide bonds. The maximum absolute atomic E-state index is 4.48. The lowest BCUT2D eigenvalue weighted by molar-refractivity contribution is 0.222. The first-order valence-corrected chi connectivity index (χ1v) is 7.45. The summed E-state index contributed by atoms with van der Waals surface area (Å²) in [5.41, 5.74) is 4.25. The fraction of sp³-hybridized carbons (Fsp3) is 0.688. The van der Waals surface area contributed by atoms with Gasteiger partial charge in [0.1, 0.15) is 0 Å². The average Bonchev–Trinajstić information content (AvgIpc) is 2.70. The zero-order valence-electron chi connectivity index (χ0n) is 12.4. The van der Waals surface area contributed by atoms with Crippen LogP contribution >= 0.6 is 0 Å². The van der Waals surface area contributed by atoms with Crippen molar-refractivity contribution in [2.75, 3.05) is 38.1 Å². The molecule has 2 saturated heterocycles. The molecular weight excluding hydrogens is 234 g/mol. The minimum absolute atomic E-state index is 0.613. The Bertz CT molecular complexity index is 441. The first-order valence-electron chi connectivity index (χ1n) is 7.45. The van der Waals surface area contributed by atoms with E-state index in [4.69, 9.17) is 0 Å². The summed E-state index contributed by atoms with van der Waals surface area (Å²) in [6.45, 7) is 9.18. The van der Waals surface area contributed by atoms with Crippen molar-refractivity contribution < 1.29 is 0 Å². The SMILES string of the molecule is Cc1cc(N2CCC3(CCN(C)C3)CC2)cc(C)n1. The van der Waals surface area contributed by atoms with Gasteiger partial charge in [-0.15, -0.1) is 0 Å². The quantitative estimate of drug-likeness (QED) is 0.773. The van der Waals surface area contributed by atoms with Crippen LogP contribution in [0.25, 0.3) is 0 Å². The van der Waals surface area contributed by atoms with Gasteiger partial charge in [0.2, 0.25) is 0 Å². The Labute approximate surface area is 116 Å². The number of anilines is 1. The van der Waals surface area contributed by atoms with E-state index in [1.54, 1.807) is 0 Å². The Morgan fingerprint density at radius 2 is 1.58 bits per heavy atom. The Hall–Kier alpha value is -1.09. The number of hydrogen-bond donors (Lipinski definition) is 0. The van der Waals surface area contributed by atoms with E-state index >= 15 is 0 Å². The lowest BCUT2D eigenvalue weighted by Crippen LogP contribution is -2.41. The molecule has 3 heterocycles. The van der Waals surface area contributed by atoms with E-state index < -0.39 is 0 Å². The average molecular weight is 259 g/mol. The summed E-state index contributed by atoms with van der Waals surface area (Å²) in [6.07, 6.45) is 4.08. The van der Waals surface area contributed by atoms with Crippen LogP contribution in [0.1, 0.15) is 30.7 Å². The standard InChI is InChI=1S/C16H25N3/c1-13-10-15(11-14(2)17-13)19-8-5-16(6-9-19)4-7-18(3)12-16/h10-11H,4-9,12H2,1-3H3. The Balaban J connectivity index is 1.70. The molecule has 0 saturated carbocycles. The minimum atomic E-state index is 0.613. The number of rotatable bonds is 1. The van der Waals surface area contributed by atoms with Crippen LogP contribution < -0.4 is 4.90 Å². The van der Waals surface area contributed by atoms with Crippen molar-refractivity contribution in [1.82, 2.24) is 9.88 Å². The number of aromatic nitrogens is 1. The molecule has 19 heavy (non-hydrogen) atoms. The Kier molecular flexibility index (Phi) is 3.25. The molecule has 0 bridgehead atoms. The second-order valence-corrected chi connectivity index (χ2v) is 6.58. The zero-order valence-corrected chi connectivity index (χ0v) is 12.4. The molecule has 1 aromatic heterocycles. The van der Waals surface area contributed by atoms with Crippen molar-refractivity contribution in [3.05, 3.63) is 23.5 Å². The summed E-state index contributed by atoms with van der Waals surface area (Å²) >= 11 is 0. The topological polar surface area (TPSA) is 19.4 Å². The molecule has 2 aliphatic rings. The van der Waals surface area contributed by atoms with Gasteiger partial charge in [0.05, 0.1) is 0 Å². The molecule has 2 aliphatic heterocycles. The molecule has 3 heteroatoms. The summed E-state index contributed by atoms with van der Waals surface area (Å²) in [5, 5.41) is 0. The molecule has 104 valence electrons. The van der Waals surface area contributed by atoms with Gasteiger partial charge in [-0.3, -0.25) is 4.98 Å². The van der Waals surface area contributed by atoms with Gasteiger partial charge in [0.15, 0.2) is 0 Å². The van der Waals surface area contributed by atoms with Crippen molar-refractivity contribution in [1.29, 1.82) is 0 Å². The van der Waals surface area contributed by atoms with Crippen molar-refractivity contribution in [2.45, 2.75) is 33.1 Å². The molecule has 0 aliphatic carbocycles. The summed E-state index contributed by atoms with van der Waals surface area (Å²) in [5.74, 6) is 0. The predicted octanol–water partition coefficient (Wildman–Crippen LogP) is 2.62. The van der Waals surface area contributed by atoms with Crippen LogP contribution in [0, 0.1) is 19.3 Å². The highest BCUT2D eigenvalue weighted by Gasteiger charge is 2.39. The highest BCUT2D eigenvalue weighted by molar-refractivity contribution is 5.48. The second kappa shape index (κ2) is 4.78. The van der Waals surface area contributed by atoms with Crippen molar-refractivity contribution in [2.24, 2.45) is 5.41 Å². The van der Waals surface area contributed by atoms with Crippen molar-refractivity contribution in [3.8, 4) is 0 Å². The maximum atomic E-state index is 4.48. The van der Waals surface area contributed by atoms with E-state index in [0.29, 0.717) is 5.41 Å². The fourth-order valence-electron chi connectivity index (χ4n) is 3.80. The van der Waals surface area contributed by atoms with Crippen LogP contribution in [0.2, 0.25) is 0 Å². The third kappa shape index (κ3) is 2.62. The van der Waals surface area contributed by atoms with E-state index in [0.717, 1.165) is 11.4 Å². The van der Waals surface area contributed by atoms with Gasteiger partial charge in [-0.25, -0.2) is 0 Å². The number of likely N-dealkylation sites (tertiary alicyclic amines) is 1. The number of aryl methyl sites for hydroxylation is 2. The van der Waals surface area contributed by atoms with E-state index in [1.165, 1.54) is 51.1 Å². The van der Waals surface area contributed by atoms with Crippen LogP contribution in [-0.4, -0.2) is 43.1 Å². The monoisotopic (exact) mass is 259 g/mol. The molecule has 3 rings (SSSR count). The van der Waals surface area contributed by atoms with Crippen LogP contribution in [0.3, 0.4) is 0 Å². The largest absolute Gasteiger partial charge is 0.371 e. The van der Waals surface area contributed by atoms with Gasteiger partial charge in [0, 0.05) is 36.7 Å². The lowest BCUT2D eigenvalue weighted by atomic mass is 9.77. The summed E-state index contributed by atoms with van der Waals surface area (Å²) in [7, 11) is 2.26. The number of piperidine rings is 1. The first-order chi connectivity index (χ1) is 9.06. The molecule has 3 nitrogen and oxygen atoms in total. The fourth-order valence-corrected chi connectivity index (χ4v) is 3.80. The van der Waals surface area contributed by atoms with Crippen LogP contribution in [0.4, 0.5) is 5.69 Å². The number of nitrogens with zero attached hydrogens (tertiary/aromatic N) is 3. The summed E-state index contributed by atoms with van der Waals surface area (Å²) in [6, 6.07) is 4.46. The smallest absolute Gasteiger partial charge is 0.0402 e. The third-order valence-electron chi connectivity index (χ3n) is 4.88. The molecule has 0 radical (unpaired) electrons. The maximum Gasteiger partial charge on any atom is 0.0402 e. The Morgan fingerprint density at radius 3 is 2.11 bits per heavy atom. The van der Waals surface area contributed by atoms with E-state index in [1.807, 2.05) is 0 Å².